The van der Waals surface area contributed by atoms with Crippen LogP contribution in [0.3, 0.4) is 0 Å². The molecular formula is C35H43N5O7. The topological polar surface area (TPSA) is 137 Å². The van der Waals surface area contributed by atoms with Gasteiger partial charge >= 0.3 is 0 Å². The maximum absolute atomic E-state index is 13.6. The van der Waals surface area contributed by atoms with Crippen LogP contribution in [0.2, 0.25) is 0 Å². The Hall–Kier alpha value is -4.55. The fourth-order valence-corrected chi connectivity index (χ4v) is 6.55. The number of unbranched alkanes of at least 4 members (excludes halogenated alkanes) is 2. The highest BCUT2D eigenvalue weighted by Crippen LogP contribution is 2.39. The van der Waals surface area contributed by atoms with E-state index in [2.05, 4.69) is 23.5 Å². The summed E-state index contributed by atoms with van der Waals surface area (Å²) in [5, 5.41) is 3.31. The van der Waals surface area contributed by atoms with Gasteiger partial charge in [0.05, 0.1) is 62.9 Å². The average molecular weight is 646 g/mol. The lowest BCUT2D eigenvalue weighted by Gasteiger charge is -2.29. The minimum Gasteiger partial charge on any atom is -0.493 e. The number of anilines is 1. The lowest BCUT2D eigenvalue weighted by atomic mass is 10.1. The van der Waals surface area contributed by atoms with Crippen molar-refractivity contribution in [2.75, 3.05) is 59.4 Å². The van der Waals surface area contributed by atoms with Crippen molar-refractivity contribution in [3.8, 4) is 23.0 Å². The number of carbonyl (C=O) groups excluding carboxylic acids is 2. The molecule has 1 unspecified atom stereocenters. The van der Waals surface area contributed by atoms with Crippen molar-refractivity contribution in [3.63, 3.8) is 0 Å². The predicted molar refractivity (Wildman–Crippen MR) is 178 cm³/mol. The standard InChI is InChI=1S/C35H43N5O7/c1-21-12-23-18-38-27-17-32(30(44-4)15-25(27)35(42)39(23)19-21)46-10-7-5-6-9-45-31-16-26(36)24(14-29(31)43-3)34(41)40-20-22(2)13-28(40)33-37-8-11-47-33/h14-18,23,28,33,37H,1-2,5-13,19-20,36H2,3-4H3/t23-,28-,33?/m0/s1. The number of rotatable bonds is 12. The highest BCUT2D eigenvalue weighted by molar-refractivity contribution is 6.04. The largest absolute Gasteiger partial charge is 0.493 e. The van der Waals surface area contributed by atoms with Crippen LogP contribution in [0.5, 0.6) is 23.0 Å². The van der Waals surface area contributed by atoms with Crippen molar-refractivity contribution in [1.29, 1.82) is 0 Å². The monoisotopic (exact) mass is 645 g/mol. The molecule has 4 heterocycles. The van der Waals surface area contributed by atoms with Gasteiger partial charge in [-0.05, 0) is 44.2 Å². The second-order valence-electron chi connectivity index (χ2n) is 12.3. The van der Waals surface area contributed by atoms with Gasteiger partial charge in [-0.15, -0.1) is 0 Å². The molecule has 250 valence electrons. The van der Waals surface area contributed by atoms with Gasteiger partial charge in [0.15, 0.2) is 23.0 Å². The molecule has 12 heteroatoms. The van der Waals surface area contributed by atoms with Crippen molar-refractivity contribution >= 4 is 29.4 Å². The summed E-state index contributed by atoms with van der Waals surface area (Å²) in [7, 11) is 3.10. The van der Waals surface area contributed by atoms with Crippen molar-refractivity contribution in [1.82, 2.24) is 15.1 Å². The van der Waals surface area contributed by atoms with Crippen molar-refractivity contribution in [2.24, 2.45) is 4.99 Å². The number of benzene rings is 2. The molecule has 47 heavy (non-hydrogen) atoms. The predicted octanol–water partition coefficient (Wildman–Crippen LogP) is 4.12. The number of ether oxygens (including phenoxy) is 5. The highest BCUT2D eigenvalue weighted by atomic mass is 16.5. The summed E-state index contributed by atoms with van der Waals surface area (Å²) in [6, 6.07) is 6.56. The summed E-state index contributed by atoms with van der Waals surface area (Å²) < 4.78 is 29.0. The molecule has 2 aromatic rings. The number of nitrogens with zero attached hydrogens (tertiary/aromatic N) is 3. The first kappa shape index (κ1) is 32.4. The molecule has 0 radical (unpaired) electrons. The van der Waals surface area contributed by atoms with Gasteiger partial charge in [-0.2, -0.15) is 0 Å². The number of methoxy groups -OCH3 is 2. The average Bonchev–Trinajstić information content (AvgIpc) is 3.81. The molecule has 2 aromatic carbocycles. The van der Waals surface area contributed by atoms with Crippen LogP contribution in [0.15, 0.2) is 53.6 Å². The number of aliphatic imine (C=N–C) groups is 1. The Kier molecular flexibility index (Phi) is 9.69. The van der Waals surface area contributed by atoms with Gasteiger partial charge in [0.2, 0.25) is 0 Å². The number of hydrogen-bond donors (Lipinski definition) is 2. The van der Waals surface area contributed by atoms with Crippen molar-refractivity contribution in [2.45, 2.75) is 50.4 Å². The summed E-state index contributed by atoms with van der Waals surface area (Å²) in [6.07, 6.45) is 5.38. The quantitative estimate of drug-likeness (QED) is 0.198. The van der Waals surface area contributed by atoms with Crippen LogP contribution in [0, 0.1) is 0 Å². The van der Waals surface area contributed by atoms with Crippen LogP contribution in [-0.4, -0.2) is 99.8 Å². The molecule has 4 aliphatic heterocycles. The lowest BCUT2D eigenvalue weighted by Crippen LogP contribution is -2.47. The third-order valence-electron chi connectivity index (χ3n) is 8.97. The summed E-state index contributed by atoms with van der Waals surface area (Å²) >= 11 is 0. The van der Waals surface area contributed by atoms with Gasteiger partial charge in [-0.25, -0.2) is 0 Å². The third-order valence-corrected chi connectivity index (χ3v) is 8.97. The molecule has 0 spiro atoms. The van der Waals surface area contributed by atoms with Gasteiger partial charge < -0.3 is 39.2 Å². The first-order chi connectivity index (χ1) is 22.8. The molecule has 0 bridgehead atoms. The number of fused-ring (bicyclic) bond motifs is 2. The van der Waals surface area contributed by atoms with E-state index in [0.29, 0.717) is 84.8 Å². The minimum absolute atomic E-state index is 0.0741. The Morgan fingerprint density at radius 1 is 0.979 bits per heavy atom. The summed E-state index contributed by atoms with van der Waals surface area (Å²) in [5.41, 5.74) is 10.1. The number of hydrogen-bond acceptors (Lipinski definition) is 10. The summed E-state index contributed by atoms with van der Waals surface area (Å²) in [6.45, 7) is 11.4. The van der Waals surface area contributed by atoms with E-state index >= 15 is 0 Å². The molecule has 3 atom stereocenters. The van der Waals surface area contributed by atoms with E-state index in [-0.39, 0.29) is 30.1 Å². The number of amides is 2. The van der Waals surface area contributed by atoms with E-state index in [9.17, 15) is 9.59 Å². The Bertz CT molecular complexity index is 1580. The first-order valence-electron chi connectivity index (χ1n) is 16.1. The molecular weight excluding hydrogens is 602 g/mol. The fraction of sp³-hybridized carbons (Fsp3) is 0.457. The Morgan fingerprint density at radius 3 is 2.38 bits per heavy atom. The van der Waals surface area contributed by atoms with E-state index in [1.165, 1.54) is 0 Å². The molecule has 2 amide bonds. The maximum atomic E-state index is 13.6. The zero-order valence-electron chi connectivity index (χ0n) is 27.1. The van der Waals surface area contributed by atoms with Crippen LogP contribution in [0.4, 0.5) is 11.4 Å². The highest BCUT2D eigenvalue weighted by Gasteiger charge is 2.39. The number of likely N-dealkylation sites (tertiary alicyclic amines) is 1. The molecule has 0 saturated carbocycles. The fourth-order valence-electron chi connectivity index (χ4n) is 6.55. The van der Waals surface area contributed by atoms with Gasteiger partial charge in [0, 0.05) is 43.7 Å². The number of nitrogens with one attached hydrogen (secondary N) is 1. The van der Waals surface area contributed by atoms with Crippen molar-refractivity contribution in [3.05, 3.63) is 59.7 Å². The minimum atomic E-state index is -0.224. The van der Waals surface area contributed by atoms with E-state index in [1.54, 1.807) is 48.3 Å². The van der Waals surface area contributed by atoms with Crippen LogP contribution >= 0.6 is 0 Å². The van der Waals surface area contributed by atoms with Gasteiger partial charge in [-0.1, -0.05) is 24.3 Å². The van der Waals surface area contributed by atoms with Gasteiger partial charge in [0.1, 0.15) is 6.23 Å². The number of nitrogen functional groups attached to an aromatic ring is 1. The van der Waals surface area contributed by atoms with Gasteiger partial charge in [0.25, 0.3) is 11.8 Å². The second kappa shape index (κ2) is 14.1. The molecule has 6 rings (SSSR count). The number of carbonyl (C=O) groups is 2. The molecule has 12 nitrogen and oxygen atoms in total. The molecule has 0 aliphatic carbocycles. The summed E-state index contributed by atoms with van der Waals surface area (Å²) in [5.74, 6) is 1.69. The van der Waals surface area contributed by atoms with E-state index in [1.807, 2.05) is 6.21 Å². The third kappa shape index (κ3) is 6.79. The first-order valence-corrected chi connectivity index (χ1v) is 16.1. The smallest absolute Gasteiger partial charge is 0.257 e. The lowest BCUT2D eigenvalue weighted by molar-refractivity contribution is 0.0272. The molecule has 4 aliphatic rings. The van der Waals surface area contributed by atoms with Crippen LogP contribution in [0.25, 0.3) is 0 Å². The summed E-state index contributed by atoms with van der Waals surface area (Å²) in [4.78, 5) is 34.9. The Labute approximate surface area is 275 Å². The zero-order chi connectivity index (χ0) is 33.1. The Morgan fingerprint density at radius 2 is 1.68 bits per heavy atom. The molecule has 0 aromatic heterocycles. The van der Waals surface area contributed by atoms with Crippen LogP contribution in [-0.2, 0) is 4.74 Å². The van der Waals surface area contributed by atoms with Gasteiger partial charge in [-0.3, -0.25) is 19.9 Å². The van der Waals surface area contributed by atoms with Crippen LogP contribution in [0.1, 0.15) is 52.8 Å². The number of nitrogens with two attached hydrogens (primary N) is 1. The van der Waals surface area contributed by atoms with E-state index in [0.717, 1.165) is 43.4 Å². The van der Waals surface area contributed by atoms with Crippen LogP contribution < -0.4 is 30.0 Å². The SMILES string of the molecule is C=C1C[C@H]2C=Nc3cc(OCCCCCOc4cc(N)c(C(=O)N5CC(=C)C[C@H]5C5NCCO5)cc4OC)c(OC)cc3C(=O)N2C1. The molecule has 3 saturated heterocycles. The normalized spacial score (nSPS) is 21.9. The van der Waals surface area contributed by atoms with Crippen molar-refractivity contribution < 1.29 is 33.3 Å². The molecule has 3 N–H and O–H groups in total. The zero-order valence-corrected chi connectivity index (χ0v) is 27.1. The second-order valence-corrected chi connectivity index (χ2v) is 12.3. The Balaban J connectivity index is 1.00. The van der Waals surface area contributed by atoms with E-state index < -0.39 is 0 Å². The van der Waals surface area contributed by atoms with E-state index in [4.69, 9.17) is 29.4 Å². The molecule has 3 fully saturated rings. The maximum Gasteiger partial charge on any atom is 0.257 e.